The van der Waals surface area contributed by atoms with Crippen molar-refractivity contribution in [3.8, 4) is 0 Å². The van der Waals surface area contributed by atoms with Crippen molar-refractivity contribution in [2.75, 3.05) is 19.6 Å². The van der Waals surface area contributed by atoms with Crippen molar-refractivity contribution < 1.29 is 14.3 Å². The molecule has 7 heteroatoms. The van der Waals surface area contributed by atoms with Crippen molar-refractivity contribution in [1.82, 2.24) is 10.2 Å². The summed E-state index contributed by atoms with van der Waals surface area (Å²) in [4.78, 5) is 26.1. The molecule has 0 aliphatic carbocycles. The van der Waals surface area contributed by atoms with Gasteiger partial charge in [-0.15, -0.1) is 11.3 Å². The molecule has 3 rings (SSSR count). The molecule has 2 aliphatic rings. The molecule has 0 unspecified atom stereocenters. The number of nitrogens with zero attached hydrogens (tertiary/aromatic N) is 1. The first kappa shape index (κ1) is 13.7. The topological polar surface area (TPSA) is 58.6 Å². The third-order valence-corrected chi connectivity index (χ3v) is 5.05. The zero-order valence-corrected chi connectivity index (χ0v) is 12.4. The van der Waals surface area contributed by atoms with E-state index in [1.165, 1.54) is 11.3 Å². The van der Waals surface area contributed by atoms with Crippen LogP contribution in [0.3, 0.4) is 0 Å². The molecule has 0 bridgehead atoms. The molecule has 1 aromatic heterocycles. The van der Waals surface area contributed by atoms with E-state index in [1.54, 1.807) is 12.1 Å². The van der Waals surface area contributed by atoms with Gasteiger partial charge < -0.3 is 15.0 Å². The maximum absolute atomic E-state index is 12.4. The highest BCUT2D eigenvalue weighted by atomic mass is 35.5. The van der Waals surface area contributed by atoms with E-state index in [9.17, 15) is 9.59 Å². The fourth-order valence-electron chi connectivity index (χ4n) is 2.74. The number of ether oxygens (including phenoxy) is 1. The summed E-state index contributed by atoms with van der Waals surface area (Å²) in [5.41, 5.74) is -0.431. The van der Waals surface area contributed by atoms with E-state index in [4.69, 9.17) is 16.3 Å². The van der Waals surface area contributed by atoms with Gasteiger partial charge in [-0.3, -0.25) is 4.79 Å². The van der Waals surface area contributed by atoms with Crippen LogP contribution in [0.25, 0.3) is 0 Å². The van der Waals surface area contributed by atoms with Gasteiger partial charge >= 0.3 is 6.09 Å². The number of carbonyl (C=O) groups is 2. The molecular weight excluding hydrogens is 300 g/mol. The molecule has 2 aliphatic heterocycles. The van der Waals surface area contributed by atoms with Crippen LogP contribution in [0, 0.1) is 0 Å². The van der Waals surface area contributed by atoms with Crippen LogP contribution in [0.2, 0.25) is 4.34 Å². The molecule has 0 aromatic carbocycles. The smallest absolute Gasteiger partial charge is 0.407 e. The lowest BCUT2D eigenvalue weighted by molar-refractivity contribution is 0.0439. The number of halogens is 1. The van der Waals surface area contributed by atoms with E-state index >= 15 is 0 Å². The Balaban J connectivity index is 1.68. The van der Waals surface area contributed by atoms with Gasteiger partial charge in [-0.05, 0) is 25.0 Å². The molecule has 1 atom stereocenters. The van der Waals surface area contributed by atoms with Crippen LogP contribution in [-0.4, -0.2) is 42.1 Å². The number of carbonyl (C=O) groups excluding carboxylic acids is 2. The van der Waals surface area contributed by atoms with Gasteiger partial charge in [0.05, 0.1) is 15.8 Å². The fraction of sp³-hybridized carbons (Fsp3) is 0.538. The molecule has 20 heavy (non-hydrogen) atoms. The number of amides is 2. The van der Waals surface area contributed by atoms with E-state index < -0.39 is 5.60 Å². The van der Waals surface area contributed by atoms with Crippen LogP contribution in [0.15, 0.2) is 12.1 Å². The SMILES string of the molecule is O=C1NC[C@@]2(CCCN(C(=O)c3ccc(Cl)s3)CC2)O1. The Hall–Kier alpha value is -1.27. The minimum absolute atomic E-state index is 0.0104. The summed E-state index contributed by atoms with van der Waals surface area (Å²) in [5, 5.41) is 2.71. The Morgan fingerprint density at radius 1 is 1.40 bits per heavy atom. The van der Waals surface area contributed by atoms with Gasteiger partial charge in [-0.1, -0.05) is 11.6 Å². The highest BCUT2D eigenvalue weighted by Crippen LogP contribution is 2.30. The van der Waals surface area contributed by atoms with Gasteiger partial charge in [0.1, 0.15) is 5.60 Å². The molecular formula is C13H15ClN2O3S. The van der Waals surface area contributed by atoms with Crippen molar-refractivity contribution >= 4 is 34.9 Å². The summed E-state index contributed by atoms with van der Waals surface area (Å²) in [5.74, 6) is 0.0104. The first-order valence-corrected chi connectivity index (χ1v) is 7.79. The molecule has 0 saturated carbocycles. The van der Waals surface area contributed by atoms with E-state index in [0.717, 1.165) is 12.8 Å². The third kappa shape index (κ3) is 2.62. The lowest BCUT2D eigenvalue weighted by atomic mass is 9.95. The lowest BCUT2D eigenvalue weighted by Gasteiger charge is -2.24. The highest BCUT2D eigenvalue weighted by Gasteiger charge is 2.41. The van der Waals surface area contributed by atoms with E-state index in [-0.39, 0.29) is 12.0 Å². The van der Waals surface area contributed by atoms with E-state index in [0.29, 0.717) is 35.3 Å². The van der Waals surface area contributed by atoms with Crippen LogP contribution < -0.4 is 5.32 Å². The third-order valence-electron chi connectivity index (χ3n) is 3.83. The van der Waals surface area contributed by atoms with E-state index in [1.807, 2.05) is 4.90 Å². The standard InChI is InChI=1S/C13H15ClN2O3S/c14-10-3-2-9(20-10)11(17)16-6-1-4-13(5-7-16)8-15-12(18)19-13/h2-3H,1,4-8H2,(H,15,18)/t13-/m0/s1. The number of rotatable bonds is 1. The van der Waals surface area contributed by atoms with Crippen molar-refractivity contribution in [1.29, 1.82) is 0 Å². The Kier molecular flexibility index (Phi) is 3.60. The first-order valence-electron chi connectivity index (χ1n) is 6.59. The predicted octanol–water partition coefficient (Wildman–Crippen LogP) is 2.51. The number of hydrogen-bond donors (Lipinski definition) is 1. The molecule has 5 nitrogen and oxygen atoms in total. The zero-order valence-electron chi connectivity index (χ0n) is 10.9. The van der Waals surface area contributed by atoms with Crippen LogP contribution in [0.5, 0.6) is 0 Å². The second-order valence-corrected chi connectivity index (χ2v) is 6.89. The Morgan fingerprint density at radius 3 is 2.90 bits per heavy atom. The molecule has 3 heterocycles. The van der Waals surface area contributed by atoms with Gasteiger partial charge in [0.15, 0.2) is 0 Å². The minimum atomic E-state index is -0.431. The van der Waals surface area contributed by atoms with Crippen molar-refractivity contribution in [2.24, 2.45) is 0 Å². The minimum Gasteiger partial charge on any atom is -0.441 e. The normalized spacial score (nSPS) is 26.2. The van der Waals surface area contributed by atoms with Crippen LogP contribution in [0.1, 0.15) is 28.9 Å². The monoisotopic (exact) mass is 314 g/mol. The summed E-state index contributed by atoms with van der Waals surface area (Å²) in [6.07, 6.45) is 1.95. The molecule has 2 saturated heterocycles. The average Bonchev–Trinajstić information content (AvgIpc) is 2.93. The summed E-state index contributed by atoms with van der Waals surface area (Å²) >= 11 is 7.17. The number of nitrogens with one attached hydrogen (secondary N) is 1. The predicted molar refractivity (Wildman–Crippen MR) is 76.3 cm³/mol. The quantitative estimate of drug-likeness (QED) is 0.866. The van der Waals surface area contributed by atoms with Gasteiger partial charge in [0.2, 0.25) is 0 Å². The molecule has 0 radical (unpaired) electrons. The number of likely N-dealkylation sites (tertiary alicyclic amines) is 1. The van der Waals surface area contributed by atoms with Crippen LogP contribution >= 0.6 is 22.9 Å². The summed E-state index contributed by atoms with van der Waals surface area (Å²) < 4.78 is 6.02. The largest absolute Gasteiger partial charge is 0.441 e. The molecule has 108 valence electrons. The van der Waals surface area contributed by atoms with Crippen molar-refractivity contribution in [2.45, 2.75) is 24.9 Å². The van der Waals surface area contributed by atoms with Crippen molar-refractivity contribution in [3.63, 3.8) is 0 Å². The molecule has 1 aromatic rings. The van der Waals surface area contributed by atoms with Gasteiger partial charge in [-0.2, -0.15) is 0 Å². The lowest BCUT2D eigenvalue weighted by Crippen LogP contribution is -2.36. The zero-order chi connectivity index (χ0) is 14.2. The molecule has 1 spiro atoms. The Labute approximate surface area is 125 Å². The van der Waals surface area contributed by atoms with E-state index in [2.05, 4.69) is 5.32 Å². The molecule has 1 N–H and O–H groups in total. The van der Waals surface area contributed by atoms with Gasteiger partial charge in [0.25, 0.3) is 5.91 Å². The summed E-state index contributed by atoms with van der Waals surface area (Å²) in [6, 6.07) is 3.49. The number of thiophene rings is 1. The van der Waals surface area contributed by atoms with Crippen molar-refractivity contribution in [3.05, 3.63) is 21.3 Å². The number of alkyl carbamates (subject to hydrolysis) is 1. The summed E-state index contributed by atoms with van der Waals surface area (Å²) in [6.45, 7) is 1.83. The maximum Gasteiger partial charge on any atom is 0.407 e. The second-order valence-electron chi connectivity index (χ2n) is 5.18. The average molecular weight is 315 g/mol. The fourth-order valence-corrected chi connectivity index (χ4v) is 3.75. The second kappa shape index (κ2) is 5.26. The van der Waals surface area contributed by atoms with Crippen LogP contribution in [-0.2, 0) is 4.74 Å². The Bertz CT molecular complexity index is 547. The van der Waals surface area contributed by atoms with Gasteiger partial charge in [0, 0.05) is 19.5 Å². The van der Waals surface area contributed by atoms with Crippen LogP contribution in [0.4, 0.5) is 4.79 Å². The molecule has 2 amide bonds. The summed E-state index contributed by atoms with van der Waals surface area (Å²) in [7, 11) is 0. The highest BCUT2D eigenvalue weighted by molar-refractivity contribution is 7.17. The van der Waals surface area contributed by atoms with Gasteiger partial charge in [-0.25, -0.2) is 4.79 Å². The Morgan fingerprint density at radius 2 is 2.25 bits per heavy atom. The maximum atomic E-state index is 12.4. The number of hydrogen-bond acceptors (Lipinski definition) is 4. The molecule has 2 fully saturated rings. The first-order chi connectivity index (χ1) is 9.58.